The number of aliphatic hydroxyl groups is 1. The van der Waals surface area contributed by atoms with Crippen LogP contribution in [0.25, 0.3) is 16.8 Å². The van der Waals surface area contributed by atoms with Crippen molar-refractivity contribution in [3.05, 3.63) is 95.3 Å². The van der Waals surface area contributed by atoms with Crippen LogP contribution >= 0.6 is 0 Å². The van der Waals surface area contributed by atoms with Crippen LogP contribution in [0.15, 0.2) is 78.4 Å². The van der Waals surface area contributed by atoms with Gasteiger partial charge in [0.15, 0.2) is 0 Å². The highest BCUT2D eigenvalue weighted by Gasteiger charge is 2.49. The Morgan fingerprint density at radius 3 is 2.48 bits per heavy atom. The molecule has 1 aliphatic heterocycles. The van der Waals surface area contributed by atoms with Gasteiger partial charge in [0.05, 0.1) is 29.3 Å². The second-order valence-electron chi connectivity index (χ2n) is 7.47. The van der Waals surface area contributed by atoms with Gasteiger partial charge in [-0.1, -0.05) is 42.5 Å². The van der Waals surface area contributed by atoms with E-state index in [1.165, 1.54) is 25.3 Å². The van der Waals surface area contributed by atoms with Crippen molar-refractivity contribution >= 4 is 34.4 Å². The number of amides is 1. The van der Waals surface area contributed by atoms with Crippen LogP contribution in [0, 0.1) is 5.82 Å². The molecule has 1 aromatic heterocycles. The quantitative estimate of drug-likeness (QED) is 0.278. The van der Waals surface area contributed by atoms with E-state index in [9.17, 15) is 19.1 Å². The standard InChI is InChI=1S/C25H18FN3O4/c1-33-19-13-7-3-9-15(19)22(30)20-21(14-8-2-4-10-16(14)26)29(24(32)23(20)31)25-27-17-11-5-6-12-18(17)28-25/h2-13,21,30H,1H3,(H,27,28)/b22-20+. The number of rotatable bonds is 4. The second-order valence-corrected chi connectivity index (χ2v) is 7.47. The lowest BCUT2D eigenvalue weighted by atomic mass is 9.94. The molecule has 3 aromatic carbocycles. The summed E-state index contributed by atoms with van der Waals surface area (Å²) in [5.74, 6) is -2.59. The molecule has 164 valence electrons. The Hall–Kier alpha value is -4.46. The van der Waals surface area contributed by atoms with Crippen LogP contribution in [0.3, 0.4) is 0 Å². The summed E-state index contributed by atoms with van der Waals surface area (Å²) in [6.45, 7) is 0. The number of aromatic nitrogens is 2. The maximum Gasteiger partial charge on any atom is 0.302 e. The number of hydrogen-bond donors (Lipinski definition) is 2. The Labute approximate surface area is 187 Å². The number of nitrogens with one attached hydrogen (secondary N) is 1. The Morgan fingerprint density at radius 2 is 1.73 bits per heavy atom. The van der Waals surface area contributed by atoms with E-state index < -0.39 is 29.3 Å². The van der Waals surface area contributed by atoms with Crippen molar-refractivity contribution in [3.8, 4) is 5.75 Å². The smallest absolute Gasteiger partial charge is 0.302 e. The largest absolute Gasteiger partial charge is 0.507 e. The fraction of sp³-hybridized carbons (Fsp3) is 0.0800. The van der Waals surface area contributed by atoms with Crippen molar-refractivity contribution < 1.29 is 23.8 Å². The number of Topliss-reactive ketones (excluding diaryl/α,β-unsaturated/α-hetero) is 1. The van der Waals surface area contributed by atoms with Gasteiger partial charge in [-0.2, -0.15) is 0 Å². The van der Waals surface area contributed by atoms with E-state index in [1.807, 2.05) is 0 Å². The molecule has 5 rings (SSSR count). The minimum absolute atomic E-state index is 0.0496. The molecular formula is C25H18FN3O4. The molecule has 0 radical (unpaired) electrons. The molecule has 2 N–H and O–H groups in total. The summed E-state index contributed by atoms with van der Waals surface area (Å²) < 4.78 is 20.3. The van der Waals surface area contributed by atoms with Gasteiger partial charge in [-0.05, 0) is 30.3 Å². The predicted molar refractivity (Wildman–Crippen MR) is 120 cm³/mol. The molecule has 1 unspecified atom stereocenters. The zero-order valence-electron chi connectivity index (χ0n) is 17.4. The van der Waals surface area contributed by atoms with Gasteiger partial charge in [0, 0.05) is 5.56 Å². The average Bonchev–Trinajstić information content (AvgIpc) is 3.37. The lowest BCUT2D eigenvalue weighted by Gasteiger charge is -2.23. The third-order valence-corrected chi connectivity index (χ3v) is 5.61. The van der Waals surface area contributed by atoms with Gasteiger partial charge in [0.2, 0.25) is 5.95 Å². The minimum atomic E-state index is -1.24. The number of hydrogen-bond acceptors (Lipinski definition) is 5. The number of aromatic amines is 1. The lowest BCUT2D eigenvalue weighted by Crippen LogP contribution is -2.30. The molecule has 1 atom stereocenters. The Balaban J connectivity index is 1.78. The van der Waals surface area contributed by atoms with Crippen molar-refractivity contribution in [3.63, 3.8) is 0 Å². The molecule has 0 bridgehead atoms. The number of methoxy groups -OCH3 is 1. The molecule has 33 heavy (non-hydrogen) atoms. The molecule has 4 aromatic rings. The van der Waals surface area contributed by atoms with Crippen LogP contribution in [-0.4, -0.2) is 33.9 Å². The molecule has 8 heteroatoms. The summed E-state index contributed by atoms with van der Waals surface area (Å²) in [7, 11) is 1.42. The maximum absolute atomic E-state index is 15.0. The summed E-state index contributed by atoms with van der Waals surface area (Å²) >= 11 is 0. The number of aliphatic hydroxyl groups excluding tert-OH is 1. The van der Waals surface area contributed by atoms with E-state index in [0.29, 0.717) is 16.8 Å². The van der Waals surface area contributed by atoms with Gasteiger partial charge >= 0.3 is 5.91 Å². The van der Waals surface area contributed by atoms with Crippen molar-refractivity contribution in [2.75, 3.05) is 12.0 Å². The first kappa shape index (κ1) is 20.4. The van der Waals surface area contributed by atoms with Crippen LogP contribution in [0.2, 0.25) is 0 Å². The number of ether oxygens (including phenoxy) is 1. The zero-order valence-corrected chi connectivity index (χ0v) is 17.4. The summed E-state index contributed by atoms with van der Waals surface area (Å²) in [5, 5.41) is 11.2. The molecule has 2 heterocycles. The van der Waals surface area contributed by atoms with E-state index in [0.717, 1.165) is 4.90 Å². The third-order valence-electron chi connectivity index (χ3n) is 5.61. The van der Waals surface area contributed by atoms with Gasteiger partial charge in [-0.15, -0.1) is 0 Å². The first-order valence-corrected chi connectivity index (χ1v) is 10.1. The number of ketones is 1. The number of nitrogens with zero attached hydrogens (tertiary/aromatic N) is 2. The highest BCUT2D eigenvalue weighted by Crippen LogP contribution is 2.43. The number of halogens is 1. The number of imidazole rings is 1. The number of benzene rings is 3. The van der Waals surface area contributed by atoms with E-state index >= 15 is 0 Å². The van der Waals surface area contributed by atoms with Crippen molar-refractivity contribution in [1.82, 2.24) is 9.97 Å². The normalized spacial score (nSPS) is 17.6. The Morgan fingerprint density at radius 1 is 1.03 bits per heavy atom. The number of para-hydroxylation sites is 3. The van der Waals surface area contributed by atoms with E-state index in [-0.39, 0.29) is 22.6 Å². The first-order valence-electron chi connectivity index (χ1n) is 10.1. The van der Waals surface area contributed by atoms with E-state index in [4.69, 9.17) is 4.74 Å². The topological polar surface area (TPSA) is 95.5 Å². The van der Waals surface area contributed by atoms with Crippen LogP contribution in [0.1, 0.15) is 17.2 Å². The summed E-state index contributed by atoms with van der Waals surface area (Å²) in [5.41, 5.74) is 1.23. The van der Waals surface area contributed by atoms with Gasteiger partial charge in [0.25, 0.3) is 5.78 Å². The fourth-order valence-corrected chi connectivity index (χ4v) is 4.08. The molecule has 1 fully saturated rings. The summed E-state index contributed by atoms with van der Waals surface area (Å²) in [6, 6.07) is 18.2. The molecule has 0 spiro atoms. The highest BCUT2D eigenvalue weighted by atomic mass is 19.1. The molecular weight excluding hydrogens is 425 g/mol. The number of anilines is 1. The average molecular weight is 443 g/mol. The number of fused-ring (bicyclic) bond motifs is 1. The molecule has 0 saturated carbocycles. The van der Waals surface area contributed by atoms with Gasteiger partial charge in [0.1, 0.15) is 23.4 Å². The third kappa shape index (κ3) is 3.23. The van der Waals surface area contributed by atoms with Crippen LogP contribution in [-0.2, 0) is 9.59 Å². The molecule has 7 nitrogen and oxygen atoms in total. The molecule has 1 amide bonds. The summed E-state index contributed by atoms with van der Waals surface area (Å²) in [6.07, 6.45) is 0. The highest BCUT2D eigenvalue weighted by molar-refractivity contribution is 6.51. The maximum atomic E-state index is 15.0. The van der Waals surface area contributed by atoms with Gasteiger partial charge in [-0.3, -0.25) is 14.5 Å². The SMILES string of the molecule is COc1ccccc1/C(O)=C1\C(=O)C(=O)N(c2nc3ccccc3[nH]2)C1c1ccccc1F. The van der Waals surface area contributed by atoms with Crippen molar-refractivity contribution in [2.24, 2.45) is 0 Å². The van der Waals surface area contributed by atoms with Gasteiger partial charge in [-0.25, -0.2) is 9.37 Å². The van der Waals surface area contributed by atoms with Crippen molar-refractivity contribution in [2.45, 2.75) is 6.04 Å². The van der Waals surface area contributed by atoms with Crippen LogP contribution in [0.5, 0.6) is 5.75 Å². The monoisotopic (exact) mass is 443 g/mol. The van der Waals surface area contributed by atoms with E-state index in [2.05, 4.69) is 9.97 Å². The Kier molecular flexibility index (Phi) is 4.90. The summed E-state index contributed by atoms with van der Waals surface area (Å²) in [4.78, 5) is 34.9. The lowest BCUT2D eigenvalue weighted by molar-refractivity contribution is -0.132. The second kappa shape index (κ2) is 7.90. The fourth-order valence-electron chi connectivity index (χ4n) is 4.08. The molecule has 0 aliphatic carbocycles. The molecule has 1 aliphatic rings. The first-order chi connectivity index (χ1) is 16.0. The van der Waals surface area contributed by atoms with Gasteiger partial charge < -0.3 is 14.8 Å². The number of carbonyl (C=O) groups is 2. The zero-order chi connectivity index (χ0) is 23.1. The van der Waals surface area contributed by atoms with Crippen LogP contribution < -0.4 is 9.64 Å². The number of carbonyl (C=O) groups excluding carboxylic acids is 2. The Bertz CT molecular complexity index is 1410. The minimum Gasteiger partial charge on any atom is -0.507 e. The predicted octanol–water partition coefficient (Wildman–Crippen LogP) is 4.34. The van der Waals surface area contributed by atoms with Crippen molar-refractivity contribution in [1.29, 1.82) is 0 Å². The van der Waals surface area contributed by atoms with Crippen LogP contribution in [0.4, 0.5) is 10.3 Å². The molecule has 1 saturated heterocycles. The van der Waals surface area contributed by atoms with E-state index in [1.54, 1.807) is 54.6 Å². The number of H-pyrrole nitrogens is 1.